The number of aldehydes is 1. The number of benzene rings is 1. The van der Waals surface area contributed by atoms with E-state index in [9.17, 15) is 18.0 Å². The molecule has 94 valence electrons. The van der Waals surface area contributed by atoms with Crippen LogP contribution in [0.5, 0.6) is 10.8 Å². The zero-order chi connectivity index (χ0) is 13.2. The molecule has 0 aliphatic rings. The molecule has 0 N–H and O–H groups in total. The van der Waals surface area contributed by atoms with Crippen LogP contribution >= 0.6 is 11.3 Å². The van der Waals surface area contributed by atoms with Gasteiger partial charge < -0.3 is 4.74 Å². The SMILES string of the molecule is O=Cc1ccc(Oc2cccc(C(F)(F)F)c2)s1. The van der Waals surface area contributed by atoms with Crippen molar-refractivity contribution in [3.8, 4) is 10.8 Å². The molecule has 0 aliphatic heterocycles. The summed E-state index contributed by atoms with van der Waals surface area (Å²) in [4.78, 5) is 10.9. The molecule has 0 radical (unpaired) electrons. The van der Waals surface area contributed by atoms with Crippen LogP contribution in [0.4, 0.5) is 13.2 Å². The van der Waals surface area contributed by atoms with Gasteiger partial charge in [-0.1, -0.05) is 17.4 Å². The third-order valence-corrected chi connectivity index (χ3v) is 2.99. The molecule has 2 rings (SSSR count). The lowest BCUT2D eigenvalue weighted by Crippen LogP contribution is -2.04. The Bertz CT molecular complexity index is 560. The van der Waals surface area contributed by atoms with Crippen LogP contribution < -0.4 is 4.74 Å². The van der Waals surface area contributed by atoms with Crippen molar-refractivity contribution in [3.05, 3.63) is 46.8 Å². The number of hydrogen-bond acceptors (Lipinski definition) is 3. The van der Waals surface area contributed by atoms with Gasteiger partial charge in [0, 0.05) is 0 Å². The van der Waals surface area contributed by atoms with E-state index in [1.165, 1.54) is 18.2 Å². The quantitative estimate of drug-likeness (QED) is 0.775. The van der Waals surface area contributed by atoms with E-state index in [0.29, 0.717) is 16.2 Å². The van der Waals surface area contributed by atoms with Crippen molar-refractivity contribution in [1.29, 1.82) is 0 Å². The van der Waals surface area contributed by atoms with Gasteiger partial charge in [-0.2, -0.15) is 13.2 Å². The summed E-state index contributed by atoms with van der Waals surface area (Å²) in [5, 5.41) is 0.372. The summed E-state index contributed by atoms with van der Waals surface area (Å²) in [6.45, 7) is 0. The number of halogens is 3. The highest BCUT2D eigenvalue weighted by Gasteiger charge is 2.30. The molecular formula is C12H7F3O2S. The molecule has 0 fully saturated rings. The summed E-state index contributed by atoms with van der Waals surface area (Å²) in [5.74, 6) is 0.0872. The number of ether oxygens (including phenoxy) is 1. The van der Waals surface area contributed by atoms with Gasteiger partial charge in [0.05, 0.1) is 10.4 Å². The number of thiophene rings is 1. The van der Waals surface area contributed by atoms with Crippen LogP contribution in [0, 0.1) is 0 Å². The van der Waals surface area contributed by atoms with Crippen molar-refractivity contribution in [2.75, 3.05) is 0 Å². The molecule has 1 aromatic carbocycles. The van der Waals surface area contributed by atoms with Gasteiger partial charge in [-0.3, -0.25) is 4.79 Å². The largest absolute Gasteiger partial charge is 0.447 e. The summed E-state index contributed by atoms with van der Waals surface area (Å²) in [7, 11) is 0. The zero-order valence-corrected chi connectivity index (χ0v) is 9.72. The first kappa shape index (κ1) is 12.6. The lowest BCUT2D eigenvalue weighted by molar-refractivity contribution is -0.137. The molecule has 18 heavy (non-hydrogen) atoms. The zero-order valence-electron chi connectivity index (χ0n) is 8.90. The van der Waals surface area contributed by atoms with E-state index in [1.54, 1.807) is 6.07 Å². The number of hydrogen-bond donors (Lipinski definition) is 0. The Kier molecular flexibility index (Phi) is 3.38. The second kappa shape index (κ2) is 4.81. The predicted octanol–water partition coefficient (Wildman–Crippen LogP) is 4.37. The minimum absolute atomic E-state index is 0.0872. The van der Waals surface area contributed by atoms with Gasteiger partial charge in [0.2, 0.25) is 0 Å². The number of rotatable bonds is 3. The van der Waals surface area contributed by atoms with Gasteiger partial charge in [0.25, 0.3) is 0 Å². The Morgan fingerprint density at radius 3 is 2.56 bits per heavy atom. The summed E-state index contributed by atoms with van der Waals surface area (Å²) >= 11 is 1.07. The van der Waals surface area contributed by atoms with Crippen LogP contribution in [0.3, 0.4) is 0 Å². The average molecular weight is 272 g/mol. The fourth-order valence-electron chi connectivity index (χ4n) is 1.30. The Morgan fingerprint density at radius 1 is 1.17 bits per heavy atom. The van der Waals surface area contributed by atoms with E-state index in [1.807, 2.05) is 0 Å². The van der Waals surface area contributed by atoms with Gasteiger partial charge in [0.1, 0.15) is 5.75 Å². The Hall–Kier alpha value is -1.82. The molecule has 6 heteroatoms. The topological polar surface area (TPSA) is 26.3 Å². The monoisotopic (exact) mass is 272 g/mol. The van der Waals surface area contributed by atoms with Crippen molar-refractivity contribution in [3.63, 3.8) is 0 Å². The molecule has 0 unspecified atom stereocenters. The van der Waals surface area contributed by atoms with Gasteiger partial charge in [-0.05, 0) is 30.3 Å². The van der Waals surface area contributed by atoms with Crippen molar-refractivity contribution in [2.45, 2.75) is 6.18 Å². The highest BCUT2D eigenvalue weighted by atomic mass is 32.1. The minimum atomic E-state index is -4.40. The molecule has 0 amide bonds. The predicted molar refractivity (Wildman–Crippen MR) is 61.2 cm³/mol. The number of carbonyl (C=O) groups is 1. The smallest absolute Gasteiger partial charge is 0.416 e. The van der Waals surface area contributed by atoms with Crippen LogP contribution in [0.25, 0.3) is 0 Å². The van der Waals surface area contributed by atoms with Crippen molar-refractivity contribution >= 4 is 17.6 Å². The maximum absolute atomic E-state index is 12.5. The molecule has 2 aromatic rings. The highest BCUT2D eigenvalue weighted by molar-refractivity contribution is 7.15. The lowest BCUT2D eigenvalue weighted by atomic mass is 10.2. The molecule has 0 aliphatic carbocycles. The van der Waals surface area contributed by atoms with E-state index in [0.717, 1.165) is 23.5 Å². The standard InChI is InChI=1S/C12H7F3O2S/c13-12(14,15)8-2-1-3-9(6-8)17-11-5-4-10(7-16)18-11/h1-7H. The molecular weight excluding hydrogens is 265 g/mol. The first-order valence-corrected chi connectivity index (χ1v) is 5.71. The van der Waals surface area contributed by atoms with Crippen LogP contribution in [-0.2, 0) is 6.18 Å². The third-order valence-electron chi connectivity index (χ3n) is 2.10. The molecule has 1 heterocycles. The normalized spacial score (nSPS) is 11.3. The second-order valence-electron chi connectivity index (χ2n) is 3.40. The fraction of sp³-hybridized carbons (Fsp3) is 0.0833. The number of alkyl halides is 3. The summed E-state index contributed by atoms with van der Waals surface area (Å²) in [6.07, 6.45) is -3.74. The molecule has 2 nitrogen and oxygen atoms in total. The average Bonchev–Trinajstić information content (AvgIpc) is 2.76. The van der Waals surface area contributed by atoms with E-state index in [2.05, 4.69) is 0 Å². The summed E-state index contributed by atoms with van der Waals surface area (Å²) in [6, 6.07) is 7.66. The molecule has 0 atom stereocenters. The molecule has 0 saturated carbocycles. The van der Waals surface area contributed by atoms with Gasteiger partial charge in [-0.25, -0.2) is 0 Å². The Labute approximate surface area is 105 Å². The van der Waals surface area contributed by atoms with E-state index >= 15 is 0 Å². The first-order chi connectivity index (χ1) is 8.49. The number of carbonyl (C=O) groups excluding carboxylic acids is 1. The fourth-order valence-corrected chi connectivity index (χ4v) is 2.00. The van der Waals surface area contributed by atoms with Crippen molar-refractivity contribution in [1.82, 2.24) is 0 Å². The Morgan fingerprint density at radius 2 is 1.94 bits per heavy atom. The van der Waals surface area contributed by atoms with E-state index in [-0.39, 0.29) is 5.75 Å². The lowest BCUT2D eigenvalue weighted by Gasteiger charge is -2.08. The molecule has 0 saturated heterocycles. The van der Waals surface area contributed by atoms with Crippen LogP contribution in [0.1, 0.15) is 15.2 Å². The summed E-state index contributed by atoms with van der Waals surface area (Å²) < 4.78 is 42.7. The van der Waals surface area contributed by atoms with Crippen molar-refractivity contribution < 1.29 is 22.7 Å². The second-order valence-corrected chi connectivity index (χ2v) is 4.48. The van der Waals surface area contributed by atoms with E-state index in [4.69, 9.17) is 4.74 Å². The third kappa shape index (κ3) is 2.89. The minimum Gasteiger partial charge on any atom is -0.447 e. The maximum atomic E-state index is 12.5. The van der Waals surface area contributed by atoms with Crippen LogP contribution in [0.2, 0.25) is 0 Å². The van der Waals surface area contributed by atoms with Gasteiger partial charge in [0.15, 0.2) is 11.3 Å². The van der Waals surface area contributed by atoms with Crippen molar-refractivity contribution in [2.24, 2.45) is 0 Å². The van der Waals surface area contributed by atoms with Gasteiger partial charge >= 0.3 is 6.18 Å². The molecule has 0 bridgehead atoms. The summed E-state index contributed by atoms with van der Waals surface area (Å²) in [5.41, 5.74) is -0.771. The Balaban J connectivity index is 2.21. The van der Waals surface area contributed by atoms with Crippen LogP contribution in [-0.4, -0.2) is 6.29 Å². The molecule has 0 spiro atoms. The first-order valence-electron chi connectivity index (χ1n) is 4.89. The van der Waals surface area contributed by atoms with Crippen LogP contribution in [0.15, 0.2) is 36.4 Å². The van der Waals surface area contributed by atoms with Gasteiger partial charge in [-0.15, -0.1) is 0 Å². The molecule has 1 aromatic heterocycles. The highest BCUT2D eigenvalue weighted by Crippen LogP contribution is 2.34. The van der Waals surface area contributed by atoms with E-state index < -0.39 is 11.7 Å². The maximum Gasteiger partial charge on any atom is 0.416 e.